The van der Waals surface area contributed by atoms with Crippen molar-refractivity contribution in [1.29, 1.82) is 0 Å². The maximum absolute atomic E-state index is 13.4. The van der Waals surface area contributed by atoms with Gasteiger partial charge in [-0.15, -0.1) is 0 Å². The molecule has 100 valence electrons. The highest BCUT2D eigenvalue weighted by Gasteiger charge is 2.45. The van der Waals surface area contributed by atoms with Gasteiger partial charge in [-0.3, -0.25) is 0 Å². The Balaban J connectivity index is 1.98. The van der Waals surface area contributed by atoms with Gasteiger partial charge in [-0.2, -0.15) is 0 Å². The van der Waals surface area contributed by atoms with Crippen LogP contribution >= 0.6 is 7.14 Å². The fourth-order valence-electron chi connectivity index (χ4n) is 3.40. The van der Waals surface area contributed by atoms with E-state index in [1.54, 1.807) is 0 Å². The minimum atomic E-state index is -2.12. The summed E-state index contributed by atoms with van der Waals surface area (Å²) >= 11 is 0. The van der Waals surface area contributed by atoms with Gasteiger partial charge in [0.1, 0.15) is 7.14 Å². The third-order valence-corrected chi connectivity index (χ3v) is 8.51. The molecule has 0 unspecified atom stereocenters. The minimum absolute atomic E-state index is 0.205. The molecule has 0 spiro atoms. The van der Waals surface area contributed by atoms with Crippen molar-refractivity contribution in [2.75, 3.05) is 12.3 Å². The smallest absolute Gasteiger partial charge is 0.101 e. The molecule has 0 aromatic heterocycles. The molecular formula is C17H21OP. The highest BCUT2D eigenvalue weighted by Crippen LogP contribution is 2.65. The molecule has 2 aliphatic rings. The van der Waals surface area contributed by atoms with E-state index < -0.39 is 7.14 Å². The molecule has 0 saturated carbocycles. The number of hydrogen-bond donors (Lipinski definition) is 0. The van der Waals surface area contributed by atoms with Gasteiger partial charge in [0.05, 0.1) is 5.16 Å². The van der Waals surface area contributed by atoms with E-state index in [0.29, 0.717) is 0 Å². The molecule has 19 heavy (non-hydrogen) atoms. The summed E-state index contributed by atoms with van der Waals surface area (Å²) in [7, 11) is -2.12. The van der Waals surface area contributed by atoms with Crippen LogP contribution < -0.4 is 0 Å². The largest absolute Gasteiger partial charge is 0.322 e. The molecule has 0 radical (unpaired) electrons. The third-order valence-electron chi connectivity index (χ3n) is 4.46. The summed E-state index contributed by atoms with van der Waals surface area (Å²) in [4.78, 5) is 0. The van der Waals surface area contributed by atoms with Gasteiger partial charge in [0, 0.05) is 12.3 Å². The number of allylic oxidation sites excluding steroid dienone is 4. The summed E-state index contributed by atoms with van der Waals surface area (Å²) in [5.41, 5.74) is 1.29. The first-order valence-electron chi connectivity index (χ1n) is 7.22. The van der Waals surface area contributed by atoms with Crippen molar-refractivity contribution in [3.05, 3.63) is 60.2 Å². The number of rotatable bonds is 3. The Morgan fingerprint density at radius 1 is 1.00 bits per heavy atom. The normalized spacial score (nSPS) is 23.6. The summed E-state index contributed by atoms with van der Waals surface area (Å²) in [6.07, 6.45) is 14.9. The van der Waals surface area contributed by atoms with Crippen molar-refractivity contribution in [2.45, 2.75) is 30.8 Å². The van der Waals surface area contributed by atoms with Crippen LogP contribution in [0, 0.1) is 0 Å². The molecule has 1 aliphatic carbocycles. The Bertz CT molecular complexity index is 520. The van der Waals surface area contributed by atoms with Crippen molar-refractivity contribution < 1.29 is 4.57 Å². The fourth-order valence-corrected chi connectivity index (χ4v) is 7.15. The maximum atomic E-state index is 13.4. The van der Waals surface area contributed by atoms with Crippen LogP contribution in [0.2, 0.25) is 0 Å². The molecule has 0 atom stereocenters. The van der Waals surface area contributed by atoms with Crippen LogP contribution in [-0.4, -0.2) is 17.5 Å². The van der Waals surface area contributed by atoms with E-state index in [1.807, 2.05) is 6.07 Å². The molecule has 0 N–H and O–H groups in total. The molecule has 0 amide bonds. The van der Waals surface area contributed by atoms with E-state index in [1.165, 1.54) is 5.56 Å². The highest BCUT2D eigenvalue weighted by molar-refractivity contribution is 7.66. The lowest BCUT2D eigenvalue weighted by Crippen LogP contribution is -2.29. The van der Waals surface area contributed by atoms with Gasteiger partial charge < -0.3 is 4.57 Å². The minimum Gasteiger partial charge on any atom is -0.322 e. The van der Waals surface area contributed by atoms with Crippen molar-refractivity contribution >= 4 is 7.14 Å². The van der Waals surface area contributed by atoms with Crippen molar-refractivity contribution in [3.8, 4) is 0 Å². The fraction of sp³-hybridized carbons (Fsp3) is 0.412. The van der Waals surface area contributed by atoms with Crippen molar-refractivity contribution in [3.63, 3.8) is 0 Å². The molecule has 1 aliphatic heterocycles. The molecule has 3 rings (SSSR count). The zero-order chi connectivity index (χ0) is 13.2. The summed E-state index contributed by atoms with van der Waals surface area (Å²) < 4.78 is 13.4. The zero-order valence-electron chi connectivity index (χ0n) is 11.3. The van der Waals surface area contributed by atoms with Gasteiger partial charge in [-0.05, 0) is 31.2 Å². The zero-order valence-corrected chi connectivity index (χ0v) is 12.2. The molecule has 1 aromatic carbocycles. The van der Waals surface area contributed by atoms with E-state index in [-0.39, 0.29) is 5.16 Å². The average molecular weight is 272 g/mol. The van der Waals surface area contributed by atoms with E-state index >= 15 is 0 Å². The Kier molecular flexibility index (Phi) is 3.50. The summed E-state index contributed by atoms with van der Waals surface area (Å²) in [5.74, 6) is 0. The van der Waals surface area contributed by atoms with Gasteiger partial charge in [0.2, 0.25) is 0 Å². The molecule has 0 bridgehead atoms. The second kappa shape index (κ2) is 5.13. The molecule has 1 fully saturated rings. The van der Waals surface area contributed by atoms with E-state index in [9.17, 15) is 4.57 Å². The Labute approximate surface area is 115 Å². The summed E-state index contributed by atoms with van der Waals surface area (Å²) in [6, 6.07) is 10.5. The highest BCUT2D eigenvalue weighted by atomic mass is 31.2. The predicted octanol–water partition coefficient (Wildman–Crippen LogP) is 4.64. The standard InChI is InChI=1S/C17H21OP/c18-19(13-7-8-14-19)17(11-5-2-6-12-17)15-16-9-3-1-4-10-16/h1,3-6,9-12H,2,7-8,13-15H2. The molecule has 1 aromatic rings. The second-order valence-electron chi connectivity index (χ2n) is 5.74. The lowest BCUT2D eigenvalue weighted by molar-refractivity contribution is 0.561. The average Bonchev–Trinajstić information content (AvgIpc) is 2.90. The monoisotopic (exact) mass is 272 g/mol. The third kappa shape index (κ3) is 2.37. The molecule has 1 heterocycles. The first-order chi connectivity index (χ1) is 9.24. The van der Waals surface area contributed by atoms with Gasteiger partial charge in [0.25, 0.3) is 0 Å². The lowest BCUT2D eigenvalue weighted by atomic mass is 9.94. The van der Waals surface area contributed by atoms with Gasteiger partial charge in [-0.25, -0.2) is 0 Å². The topological polar surface area (TPSA) is 17.1 Å². The first kappa shape index (κ1) is 12.9. The summed E-state index contributed by atoms with van der Waals surface area (Å²) in [5, 5.41) is -0.205. The number of hydrogen-bond acceptors (Lipinski definition) is 1. The second-order valence-corrected chi connectivity index (χ2v) is 9.24. The van der Waals surface area contributed by atoms with E-state index in [2.05, 4.69) is 48.6 Å². The van der Waals surface area contributed by atoms with Crippen molar-refractivity contribution in [1.82, 2.24) is 0 Å². The van der Waals surface area contributed by atoms with Crippen LogP contribution in [0.5, 0.6) is 0 Å². The maximum Gasteiger partial charge on any atom is 0.101 e. The Morgan fingerprint density at radius 2 is 1.63 bits per heavy atom. The van der Waals surface area contributed by atoms with E-state index in [4.69, 9.17) is 0 Å². The van der Waals surface area contributed by atoms with Gasteiger partial charge >= 0.3 is 0 Å². The van der Waals surface area contributed by atoms with Crippen LogP contribution in [0.1, 0.15) is 24.8 Å². The Morgan fingerprint density at radius 3 is 2.26 bits per heavy atom. The van der Waals surface area contributed by atoms with Crippen molar-refractivity contribution in [2.24, 2.45) is 0 Å². The molecule has 1 saturated heterocycles. The van der Waals surface area contributed by atoms with Crippen LogP contribution in [0.25, 0.3) is 0 Å². The van der Waals surface area contributed by atoms with Gasteiger partial charge in [0.15, 0.2) is 0 Å². The Hall–Kier alpha value is -1.07. The summed E-state index contributed by atoms with van der Waals surface area (Å²) in [6.45, 7) is 0. The predicted molar refractivity (Wildman–Crippen MR) is 82.3 cm³/mol. The number of benzene rings is 1. The molecular weight excluding hydrogens is 251 g/mol. The molecule has 1 nitrogen and oxygen atoms in total. The van der Waals surface area contributed by atoms with Crippen LogP contribution in [0.15, 0.2) is 54.6 Å². The van der Waals surface area contributed by atoms with Gasteiger partial charge in [-0.1, -0.05) is 54.6 Å². The van der Waals surface area contributed by atoms with E-state index in [0.717, 1.165) is 38.0 Å². The SMILES string of the molecule is O=P1(C2(Cc3ccccc3)C=CCC=C2)CCCC1. The quantitative estimate of drug-likeness (QED) is 0.578. The van der Waals surface area contributed by atoms with Crippen LogP contribution in [0.3, 0.4) is 0 Å². The first-order valence-corrected chi connectivity index (χ1v) is 9.29. The lowest BCUT2D eigenvalue weighted by Gasteiger charge is -2.36. The van der Waals surface area contributed by atoms with Crippen LogP contribution in [0.4, 0.5) is 0 Å². The molecule has 2 heteroatoms. The van der Waals surface area contributed by atoms with Crippen LogP contribution in [-0.2, 0) is 11.0 Å².